The van der Waals surface area contributed by atoms with Crippen LogP contribution in [0.1, 0.15) is 32.7 Å². The molecule has 1 amide bonds. The Morgan fingerprint density at radius 1 is 0.880 bits per heavy atom. The number of ketones is 1. The largest absolute Gasteiger partial charge is 0.381 e. The first-order chi connectivity index (χ1) is 12.2. The third-order valence-corrected chi connectivity index (χ3v) is 5.27. The quantitative estimate of drug-likeness (QED) is 0.807. The van der Waals surface area contributed by atoms with Gasteiger partial charge in [-0.25, -0.2) is 0 Å². The molecule has 1 atom stereocenters. The zero-order valence-corrected chi connectivity index (χ0v) is 14.1. The molecule has 2 heterocycles. The molecular weight excluding hydrogens is 314 g/mol. The minimum Gasteiger partial charge on any atom is -0.381 e. The van der Waals surface area contributed by atoms with Gasteiger partial charge < -0.3 is 9.64 Å². The molecule has 0 aromatic heterocycles. The van der Waals surface area contributed by atoms with E-state index in [0.29, 0.717) is 28.5 Å². The maximum absolute atomic E-state index is 12.9. The molecule has 4 nitrogen and oxygen atoms in total. The summed E-state index contributed by atoms with van der Waals surface area (Å²) in [6.45, 7) is 3.18. The molecule has 1 unspecified atom stereocenters. The molecule has 0 radical (unpaired) electrons. The van der Waals surface area contributed by atoms with Crippen LogP contribution in [0.2, 0.25) is 0 Å². The van der Waals surface area contributed by atoms with E-state index in [9.17, 15) is 9.59 Å². The number of likely N-dealkylation sites (tertiary alicyclic amines) is 1. The maximum atomic E-state index is 12.9. The molecular formula is C21H21NO3. The molecule has 2 aliphatic heterocycles. The highest BCUT2D eigenvalue weighted by molar-refractivity contribution is 6.15. The number of carbonyl (C=O) groups is 2. The van der Waals surface area contributed by atoms with Crippen LogP contribution in [0.4, 0.5) is 0 Å². The van der Waals surface area contributed by atoms with Gasteiger partial charge in [0.25, 0.3) is 5.91 Å². The van der Waals surface area contributed by atoms with Crippen molar-refractivity contribution in [3.63, 3.8) is 0 Å². The Labute approximate surface area is 147 Å². The molecule has 0 aliphatic carbocycles. The number of nitrogens with zero attached hydrogens (tertiary/aromatic N) is 1. The molecule has 2 saturated heterocycles. The second-order valence-electron chi connectivity index (χ2n) is 6.83. The molecule has 128 valence electrons. The van der Waals surface area contributed by atoms with Crippen molar-refractivity contribution >= 4 is 11.7 Å². The normalized spacial score (nSPS) is 20.3. The molecule has 2 aliphatic rings. The molecule has 0 saturated carbocycles. The summed E-state index contributed by atoms with van der Waals surface area (Å²) >= 11 is 0. The highest BCUT2D eigenvalue weighted by Crippen LogP contribution is 2.31. The summed E-state index contributed by atoms with van der Waals surface area (Å²) in [6.07, 6.45) is 1.09. The Kier molecular flexibility index (Phi) is 4.36. The molecule has 0 spiro atoms. The van der Waals surface area contributed by atoms with Crippen LogP contribution in [-0.4, -0.2) is 42.9 Å². The minimum absolute atomic E-state index is 0.0463. The van der Waals surface area contributed by atoms with Crippen molar-refractivity contribution in [1.29, 1.82) is 0 Å². The first-order valence-corrected chi connectivity index (χ1v) is 8.80. The highest BCUT2D eigenvalue weighted by Gasteiger charge is 2.38. The molecule has 2 fully saturated rings. The van der Waals surface area contributed by atoms with Gasteiger partial charge in [-0.15, -0.1) is 0 Å². The van der Waals surface area contributed by atoms with Gasteiger partial charge in [-0.3, -0.25) is 9.59 Å². The van der Waals surface area contributed by atoms with Gasteiger partial charge in [0.15, 0.2) is 5.78 Å². The Bertz CT molecular complexity index is 775. The van der Waals surface area contributed by atoms with E-state index in [2.05, 4.69) is 0 Å². The fourth-order valence-corrected chi connectivity index (χ4v) is 3.68. The fraction of sp³-hybridized carbons (Fsp3) is 0.333. The summed E-state index contributed by atoms with van der Waals surface area (Å²) in [5, 5.41) is 0. The van der Waals surface area contributed by atoms with Gasteiger partial charge >= 0.3 is 0 Å². The Morgan fingerprint density at radius 3 is 2.24 bits per heavy atom. The van der Waals surface area contributed by atoms with Gasteiger partial charge in [-0.1, -0.05) is 48.5 Å². The molecule has 0 N–H and O–H groups in total. The number of hydrogen-bond acceptors (Lipinski definition) is 3. The van der Waals surface area contributed by atoms with Gasteiger partial charge in [0.2, 0.25) is 0 Å². The second kappa shape index (κ2) is 6.81. The zero-order valence-electron chi connectivity index (χ0n) is 14.1. The third-order valence-electron chi connectivity index (χ3n) is 5.27. The lowest BCUT2D eigenvalue weighted by Gasteiger charge is -2.42. The smallest absolute Gasteiger partial charge is 0.254 e. The molecule has 25 heavy (non-hydrogen) atoms. The summed E-state index contributed by atoms with van der Waals surface area (Å²) in [6, 6.07) is 16.2. The Morgan fingerprint density at radius 2 is 1.56 bits per heavy atom. The van der Waals surface area contributed by atoms with E-state index in [0.717, 1.165) is 32.7 Å². The van der Waals surface area contributed by atoms with Crippen LogP contribution in [0.3, 0.4) is 0 Å². The van der Waals surface area contributed by atoms with E-state index < -0.39 is 0 Å². The van der Waals surface area contributed by atoms with Crippen LogP contribution in [0.5, 0.6) is 0 Å². The number of hydrogen-bond donors (Lipinski definition) is 0. The number of rotatable bonds is 4. The van der Waals surface area contributed by atoms with Gasteiger partial charge in [0.1, 0.15) is 0 Å². The average Bonchev–Trinajstić information content (AvgIpc) is 3.14. The van der Waals surface area contributed by atoms with E-state index in [-0.39, 0.29) is 11.7 Å². The van der Waals surface area contributed by atoms with Crippen molar-refractivity contribution in [2.24, 2.45) is 11.8 Å². The van der Waals surface area contributed by atoms with Crippen molar-refractivity contribution in [3.8, 4) is 0 Å². The van der Waals surface area contributed by atoms with Gasteiger partial charge in [-0.2, -0.15) is 0 Å². The number of ether oxygens (including phenoxy) is 1. The van der Waals surface area contributed by atoms with Crippen LogP contribution in [0.25, 0.3) is 0 Å². The summed E-state index contributed by atoms with van der Waals surface area (Å²) in [7, 11) is 0. The van der Waals surface area contributed by atoms with E-state index >= 15 is 0 Å². The summed E-state index contributed by atoms with van der Waals surface area (Å²) < 4.78 is 5.45. The first-order valence-electron chi connectivity index (χ1n) is 8.80. The maximum Gasteiger partial charge on any atom is 0.254 e. The lowest BCUT2D eigenvalue weighted by molar-refractivity contribution is 0.0340. The standard InChI is InChI=1S/C21H21NO3/c23-20(15-6-2-1-3-7-15)18-8-4-5-9-19(18)21(24)22-12-17(13-22)16-10-11-25-14-16/h1-9,16-17H,10-14H2. The van der Waals surface area contributed by atoms with E-state index in [1.165, 1.54) is 0 Å². The summed E-state index contributed by atoms with van der Waals surface area (Å²) in [5.74, 6) is 0.953. The second-order valence-corrected chi connectivity index (χ2v) is 6.83. The molecule has 0 bridgehead atoms. The van der Waals surface area contributed by atoms with Crippen LogP contribution >= 0.6 is 0 Å². The third kappa shape index (κ3) is 3.10. The first kappa shape index (κ1) is 16.0. The van der Waals surface area contributed by atoms with Crippen molar-refractivity contribution in [3.05, 3.63) is 71.3 Å². The summed E-state index contributed by atoms with van der Waals surface area (Å²) in [5.41, 5.74) is 1.58. The van der Waals surface area contributed by atoms with Gasteiger partial charge in [0, 0.05) is 37.4 Å². The van der Waals surface area contributed by atoms with Crippen LogP contribution < -0.4 is 0 Å². The van der Waals surface area contributed by atoms with Gasteiger partial charge in [-0.05, 0) is 24.3 Å². The lowest BCUT2D eigenvalue weighted by atomic mass is 9.84. The van der Waals surface area contributed by atoms with Crippen LogP contribution in [-0.2, 0) is 4.74 Å². The number of benzene rings is 2. The molecule has 4 heteroatoms. The van der Waals surface area contributed by atoms with E-state index in [1.807, 2.05) is 35.2 Å². The van der Waals surface area contributed by atoms with Crippen LogP contribution in [0.15, 0.2) is 54.6 Å². The lowest BCUT2D eigenvalue weighted by Crippen LogP contribution is -2.53. The predicted octanol–water partition coefficient (Wildman–Crippen LogP) is 3.03. The highest BCUT2D eigenvalue weighted by atomic mass is 16.5. The number of amides is 1. The predicted molar refractivity (Wildman–Crippen MR) is 94.6 cm³/mol. The Hall–Kier alpha value is -2.46. The summed E-state index contributed by atoms with van der Waals surface area (Å²) in [4.78, 5) is 27.5. The SMILES string of the molecule is O=C(c1ccccc1)c1ccccc1C(=O)N1CC(C2CCOC2)C1. The van der Waals surface area contributed by atoms with Crippen molar-refractivity contribution in [2.45, 2.75) is 6.42 Å². The van der Waals surface area contributed by atoms with E-state index in [1.54, 1.807) is 24.3 Å². The van der Waals surface area contributed by atoms with Crippen molar-refractivity contribution in [2.75, 3.05) is 26.3 Å². The zero-order chi connectivity index (χ0) is 17.2. The fourth-order valence-electron chi connectivity index (χ4n) is 3.68. The monoisotopic (exact) mass is 335 g/mol. The molecule has 2 aromatic rings. The van der Waals surface area contributed by atoms with Crippen molar-refractivity contribution < 1.29 is 14.3 Å². The van der Waals surface area contributed by atoms with Gasteiger partial charge in [0.05, 0.1) is 5.56 Å². The van der Waals surface area contributed by atoms with Crippen LogP contribution in [0, 0.1) is 11.8 Å². The minimum atomic E-state index is -0.106. The molecule has 4 rings (SSSR count). The number of carbonyl (C=O) groups excluding carboxylic acids is 2. The van der Waals surface area contributed by atoms with E-state index in [4.69, 9.17) is 4.74 Å². The Balaban J connectivity index is 1.51. The average molecular weight is 335 g/mol. The molecule has 2 aromatic carbocycles. The topological polar surface area (TPSA) is 46.6 Å². The van der Waals surface area contributed by atoms with Crippen molar-refractivity contribution in [1.82, 2.24) is 4.90 Å².